The van der Waals surface area contributed by atoms with E-state index < -0.39 is 16.7 Å². The number of aromatic nitrogens is 1. The van der Waals surface area contributed by atoms with Gasteiger partial charge in [-0.1, -0.05) is 63.2 Å². The van der Waals surface area contributed by atoms with Gasteiger partial charge in [-0.3, -0.25) is 9.00 Å². The Morgan fingerprint density at radius 1 is 1.13 bits per heavy atom. The normalized spacial score (nSPS) is 13.5. The maximum Gasteiger partial charge on any atom is 0.225 e. The number of carbonyl (C=O) groups is 1. The monoisotopic (exact) mass is 456 g/mol. The molecule has 8 heteroatoms. The van der Waals surface area contributed by atoms with E-state index in [1.807, 2.05) is 70.2 Å². The summed E-state index contributed by atoms with van der Waals surface area (Å²) < 4.78 is 24.0. The highest BCUT2D eigenvalue weighted by Gasteiger charge is 2.27. The summed E-state index contributed by atoms with van der Waals surface area (Å²) in [6, 6.07) is 16.8. The zero-order chi connectivity index (χ0) is 22.6. The molecule has 2 aromatic carbocycles. The Hall–Kier alpha value is -2.55. The molecular formula is C23H26N3O3S2-. The van der Waals surface area contributed by atoms with Gasteiger partial charge in [0.25, 0.3) is 0 Å². The highest BCUT2D eigenvalue weighted by atomic mass is 32.2. The third-order valence-electron chi connectivity index (χ3n) is 4.74. The van der Waals surface area contributed by atoms with E-state index in [0.717, 1.165) is 26.7 Å². The summed E-state index contributed by atoms with van der Waals surface area (Å²) in [5.74, 6) is -0.0494. The van der Waals surface area contributed by atoms with Crippen molar-refractivity contribution in [2.24, 2.45) is 5.41 Å². The Labute approximate surface area is 189 Å². The fraction of sp³-hybridized carbons (Fsp3) is 0.304. The van der Waals surface area contributed by atoms with E-state index in [2.05, 4.69) is 10.0 Å². The van der Waals surface area contributed by atoms with Crippen molar-refractivity contribution in [1.29, 1.82) is 0 Å². The first-order chi connectivity index (χ1) is 14.6. The summed E-state index contributed by atoms with van der Waals surface area (Å²) in [5.41, 5.74) is 2.90. The van der Waals surface area contributed by atoms with Crippen molar-refractivity contribution in [2.75, 3.05) is 4.72 Å². The van der Waals surface area contributed by atoms with Crippen LogP contribution in [0.1, 0.15) is 42.3 Å². The van der Waals surface area contributed by atoms with E-state index in [4.69, 9.17) is 4.98 Å². The first-order valence-corrected chi connectivity index (χ1v) is 11.8. The summed E-state index contributed by atoms with van der Waals surface area (Å²) in [6.45, 7) is 7.68. The third kappa shape index (κ3) is 6.22. The van der Waals surface area contributed by atoms with Gasteiger partial charge in [0.2, 0.25) is 5.91 Å². The SMILES string of the molecule is Cc1sc([C@H](Cc2ccc(NS(=O)[O-])cc2)NC(=O)C(C)(C)C)nc1-c1ccccc1. The number of nitrogens with zero attached hydrogens (tertiary/aromatic N) is 1. The quantitative estimate of drug-likeness (QED) is 0.501. The second-order valence-corrected chi connectivity index (χ2v) is 10.2. The highest BCUT2D eigenvalue weighted by Crippen LogP contribution is 2.32. The lowest BCUT2D eigenvalue weighted by molar-refractivity contribution is -0.129. The van der Waals surface area contributed by atoms with Crippen molar-refractivity contribution in [1.82, 2.24) is 10.3 Å². The van der Waals surface area contributed by atoms with Crippen LogP contribution in [-0.4, -0.2) is 19.7 Å². The van der Waals surface area contributed by atoms with Crippen LogP contribution in [0.5, 0.6) is 0 Å². The number of benzene rings is 2. The molecule has 1 unspecified atom stereocenters. The Morgan fingerprint density at radius 3 is 2.35 bits per heavy atom. The summed E-state index contributed by atoms with van der Waals surface area (Å²) in [4.78, 5) is 18.7. The molecule has 0 radical (unpaired) electrons. The van der Waals surface area contributed by atoms with Gasteiger partial charge in [0.15, 0.2) is 0 Å². The summed E-state index contributed by atoms with van der Waals surface area (Å²) in [6.07, 6.45) is 0.545. The average Bonchev–Trinajstić information content (AvgIpc) is 3.10. The third-order valence-corrected chi connectivity index (χ3v) is 6.23. The van der Waals surface area contributed by atoms with Crippen molar-refractivity contribution < 1.29 is 13.6 Å². The molecule has 164 valence electrons. The summed E-state index contributed by atoms with van der Waals surface area (Å²) in [7, 11) is 0. The molecule has 1 heterocycles. The van der Waals surface area contributed by atoms with Gasteiger partial charge in [-0.2, -0.15) is 0 Å². The van der Waals surface area contributed by atoms with Crippen LogP contribution in [0, 0.1) is 12.3 Å². The minimum Gasteiger partial charge on any atom is -0.755 e. The lowest BCUT2D eigenvalue weighted by atomic mass is 9.94. The minimum absolute atomic E-state index is 0.0494. The van der Waals surface area contributed by atoms with Crippen molar-refractivity contribution >= 4 is 34.2 Å². The van der Waals surface area contributed by atoms with Crippen LogP contribution >= 0.6 is 11.3 Å². The van der Waals surface area contributed by atoms with Crippen molar-refractivity contribution in [3.05, 3.63) is 70.0 Å². The van der Waals surface area contributed by atoms with Gasteiger partial charge in [-0.25, -0.2) is 4.98 Å². The molecule has 0 aliphatic rings. The second kappa shape index (κ2) is 9.72. The summed E-state index contributed by atoms with van der Waals surface area (Å²) >= 11 is -0.784. The smallest absolute Gasteiger partial charge is 0.225 e. The number of thiazole rings is 1. The maximum atomic E-state index is 12.8. The fourth-order valence-corrected chi connectivity index (χ4v) is 4.37. The Balaban J connectivity index is 1.90. The average molecular weight is 457 g/mol. The van der Waals surface area contributed by atoms with Crippen molar-refractivity contribution in [3.63, 3.8) is 0 Å². The van der Waals surface area contributed by atoms with Crippen LogP contribution in [0.3, 0.4) is 0 Å². The fourth-order valence-electron chi connectivity index (χ4n) is 3.05. The minimum atomic E-state index is -2.36. The van der Waals surface area contributed by atoms with Crippen molar-refractivity contribution in [3.8, 4) is 11.3 Å². The second-order valence-electron chi connectivity index (χ2n) is 8.34. The molecule has 6 nitrogen and oxygen atoms in total. The molecule has 0 aliphatic heterocycles. The number of amides is 1. The predicted molar refractivity (Wildman–Crippen MR) is 125 cm³/mol. The van der Waals surface area contributed by atoms with E-state index in [9.17, 15) is 13.6 Å². The predicted octanol–water partition coefficient (Wildman–Crippen LogP) is 4.77. The Morgan fingerprint density at radius 2 is 1.77 bits per heavy atom. The van der Waals surface area contributed by atoms with E-state index in [1.54, 1.807) is 23.5 Å². The first-order valence-electron chi connectivity index (χ1n) is 9.92. The van der Waals surface area contributed by atoms with Gasteiger partial charge < -0.3 is 14.6 Å². The maximum absolute atomic E-state index is 12.8. The van der Waals surface area contributed by atoms with Crippen LogP contribution in [-0.2, 0) is 22.5 Å². The standard InChI is InChI=1S/C23H27N3O3S2/c1-15-20(17-8-6-5-7-9-17)25-21(30-15)19(24-22(27)23(2,3)4)14-16-10-12-18(13-11-16)26-31(28)29/h5-13,19,26H,14H2,1-4H3,(H,24,27)(H,28,29)/p-1/t19-/m0/s1. The number of anilines is 1. The number of nitrogens with one attached hydrogen (secondary N) is 2. The zero-order valence-electron chi connectivity index (χ0n) is 18.0. The molecule has 0 saturated carbocycles. The number of hydrogen-bond acceptors (Lipinski definition) is 5. The van der Waals surface area contributed by atoms with Gasteiger partial charge in [0, 0.05) is 32.8 Å². The van der Waals surface area contributed by atoms with E-state index in [0.29, 0.717) is 12.1 Å². The van der Waals surface area contributed by atoms with Crippen LogP contribution in [0.25, 0.3) is 11.3 Å². The molecule has 3 rings (SSSR count). The van der Waals surface area contributed by atoms with Gasteiger partial charge in [-0.15, -0.1) is 11.3 Å². The number of hydrogen-bond donors (Lipinski definition) is 2. The molecular weight excluding hydrogens is 430 g/mol. The largest absolute Gasteiger partial charge is 0.755 e. The van der Waals surface area contributed by atoms with Gasteiger partial charge >= 0.3 is 0 Å². The summed E-state index contributed by atoms with van der Waals surface area (Å²) in [5, 5.41) is 4.00. The zero-order valence-corrected chi connectivity index (χ0v) is 19.6. The van der Waals surface area contributed by atoms with E-state index >= 15 is 0 Å². The van der Waals surface area contributed by atoms with E-state index in [-0.39, 0.29) is 11.9 Å². The molecule has 1 aromatic heterocycles. The number of aryl methyl sites for hydroxylation is 1. The van der Waals surface area contributed by atoms with Crippen LogP contribution in [0.15, 0.2) is 54.6 Å². The lowest BCUT2D eigenvalue weighted by Crippen LogP contribution is -2.38. The Bertz CT molecular complexity index is 1060. The molecule has 2 N–H and O–H groups in total. The number of rotatable bonds is 7. The molecule has 3 aromatic rings. The first kappa shape index (κ1) is 23.1. The molecule has 1 amide bonds. The number of carbonyl (C=O) groups excluding carboxylic acids is 1. The molecule has 0 bridgehead atoms. The molecule has 2 atom stereocenters. The molecule has 0 fully saturated rings. The van der Waals surface area contributed by atoms with Gasteiger partial charge in [0.05, 0.1) is 11.7 Å². The molecule has 0 spiro atoms. The lowest BCUT2D eigenvalue weighted by Gasteiger charge is -2.23. The van der Waals surface area contributed by atoms with Gasteiger partial charge in [0.1, 0.15) is 5.01 Å². The van der Waals surface area contributed by atoms with Gasteiger partial charge in [-0.05, 0) is 31.0 Å². The van der Waals surface area contributed by atoms with Crippen LogP contribution in [0.2, 0.25) is 0 Å². The Kier molecular flexibility index (Phi) is 7.25. The van der Waals surface area contributed by atoms with E-state index in [1.165, 1.54) is 0 Å². The topological polar surface area (TPSA) is 94.1 Å². The van der Waals surface area contributed by atoms with Crippen LogP contribution < -0.4 is 10.0 Å². The van der Waals surface area contributed by atoms with Crippen molar-refractivity contribution in [2.45, 2.75) is 40.2 Å². The molecule has 0 saturated heterocycles. The highest BCUT2D eigenvalue weighted by molar-refractivity contribution is 7.80. The van der Waals surface area contributed by atoms with Crippen LogP contribution in [0.4, 0.5) is 5.69 Å². The molecule has 31 heavy (non-hydrogen) atoms. The molecule has 0 aliphatic carbocycles.